The zero-order valence-corrected chi connectivity index (χ0v) is 31.3. The Morgan fingerprint density at radius 3 is 2.26 bits per heavy atom. The number of piperidine rings is 1. The predicted octanol–water partition coefficient (Wildman–Crippen LogP) is 3.74. The lowest BCUT2D eigenvalue weighted by Gasteiger charge is -2.40. The van der Waals surface area contributed by atoms with E-state index in [2.05, 4.69) is 25.1 Å². The van der Waals surface area contributed by atoms with Crippen molar-refractivity contribution in [3.05, 3.63) is 101 Å². The topological polar surface area (TPSA) is 176 Å². The highest BCUT2D eigenvalue weighted by Gasteiger charge is 2.45. The lowest BCUT2D eigenvalue weighted by molar-refractivity contribution is -0.448. The molecule has 5 heterocycles. The summed E-state index contributed by atoms with van der Waals surface area (Å²) in [5, 5.41) is 7.29. The molecule has 1 aromatic heterocycles. The van der Waals surface area contributed by atoms with Crippen molar-refractivity contribution in [2.24, 2.45) is 5.10 Å². The molecule has 5 aliphatic rings. The second-order valence-electron chi connectivity index (χ2n) is 14.8. The third-order valence-electron chi connectivity index (χ3n) is 11.4. The fourth-order valence-electron chi connectivity index (χ4n) is 8.40. The van der Waals surface area contributed by atoms with Crippen molar-refractivity contribution in [3.63, 3.8) is 0 Å². The van der Waals surface area contributed by atoms with Gasteiger partial charge in [0.25, 0.3) is 11.8 Å². The van der Waals surface area contributed by atoms with Crippen LogP contribution in [0.25, 0.3) is 0 Å². The second-order valence-corrected chi connectivity index (χ2v) is 14.8. The SMILES string of the molecule is Nc1ncnc2c1C(c1ccc(Oc3ccccc3)cc1)=N[N+]2=C1CCC(N2CCN(CCOc3ccc4c(c3)C(=O)N(C3CCC(=O)NC3=O)C4=O)CC2)CC1. The van der Waals surface area contributed by atoms with E-state index in [1.807, 2.05) is 59.3 Å². The molecule has 15 heteroatoms. The molecule has 3 fully saturated rings. The Hall–Kier alpha value is -6.32. The first-order valence-electron chi connectivity index (χ1n) is 19.4. The predicted molar refractivity (Wildman–Crippen MR) is 209 cm³/mol. The van der Waals surface area contributed by atoms with E-state index in [1.54, 1.807) is 18.2 Å². The fourth-order valence-corrected chi connectivity index (χ4v) is 8.40. The molecular formula is C42H42N9O6+. The summed E-state index contributed by atoms with van der Waals surface area (Å²) in [5.41, 5.74) is 10.5. The maximum absolute atomic E-state index is 13.2. The quantitative estimate of drug-likeness (QED) is 0.188. The molecular weight excluding hydrogens is 727 g/mol. The van der Waals surface area contributed by atoms with Crippen LogP contribution >= 0.6 is 0 Å². The van der Waals surface area contributed by atoms with Crippen LogP contribution in [0.5, 0.6) is 17.2 Å². The smallest absolute Gasteiger partial charge is 0.363 e. The van der Waals surface area contributed by atoms with Crippen LogP contribution in [0.2, 0.25) is 0 Å². The van der Waals surface area contributed by atoms with Crippen LogP contribution in [0.15, 0.2) is 84.2 Å². The van der Waals surface area contributed by atoms with Crippen molar-refractivity contribution in [2.45, 2.75) is 50.6 Å². The Kier molecular flexibility index (Phi) is 9.76. The number of nitrogens with zero attached hydrogens (tertiary/aromatic N) is 7. The Morgan fingerprint density at radius 2 is 1.51 bits per heavy atom. The molecule has 4 aliphatic heterocycles. The number of para-hydroxylation sites is 1. The van der Waals surface area contributed by atoms with Gasteiger partial charge in [0.05, 0.1) is 11.1 Å². The maximum Gasteiger partial charge on any atom is 0.363 e. The molecule has 1 atom stereocenters. The molecule has 2 saturated heterocycles. The van der Waals surface area contributed by atoms with Gasteiger partial charge in [-0.3, -0.25) is 39.2 Å². The van der Waals surface area contributed by atoms with Gasteiger partial charge >= 0.3 is 5.82 Å². The van der Waals surface area contributed by atoms with Crippen molar-refractivity contribution in [1.29, 1.82) is 0 Å². The highest BCUT2D eigenvalue weighted by Crippen LogP contribution is 2.34. The Morgan fingerprint density at radius 1 is 0.789 bits per heavy atom. The number of hydrogen-bond donors (Lipinski definition) is 2. The summed E-state index contributed by atoms with van der Waals surface area (Å²) in [6, 6.07) is 21.8. The molecule has 0 bridgehead atoms. The largest absolute Gasteiger partial charge is 0.492 e. The van der Waals surface area contributed by atoms with Crippen LogP contribution in [-0.4, -0.2) is 116 Å². The van der Waals surface area contributed by atoms with Crippen LogP contribution in [0.1, 0.15) is 70.4 Å². The van der Waals surface area contributed by atoms with Crippen molar-refractivity contribution in [2.75, 3.05) is 45.1 Å². The average Bonchev–Trinajstić information content (AvgIpc) is 3.74. The number of amides is 4. The summed E-state index contributed by atoms with van der Waals surface area (Å²) in [7, 11) is 0. The summed E-state index contributed by atoms with van der Waals surface area (Å²) in [6.07, 6.45) is 5.57. The molecule has 15 nitrogen and oxygen atoms in total. The highest BCUT2D eigenvalue weighted by molar-refractivity contribution is 6.23. The number of hydrazone groups is 1. The van der Waals surface area contributed by atoms with Crippen molar-refractivity contribution in [3.8, 4) is 17.2 Å². The van der Waals surface area contributed by atoms with E-state index in [0.29, 0.717) is 24.2 Å². The Bertz CT molecular complexity index is 2310. The van der Waals surface area contributed by atoms with Crippen LogP contribution in [0, 0.1) is 0 Å². The van der Waals surface area contributed by atoms with Gasteiger partial charge in [-0.1, -0.05) is 23.3 Å². The molecule has 1 saturated carbocycles. The van der Waals surface area contributed by atoms with E-state index in [0.717, 1.165) is 97.5 Å². The number of imide groups is 2. The summed E-state index contributed by atoms with van der Waals surface area (Å²) < 4.78 is 14.0. The van der Waals surface area contributed by atoms with Gasteiger partial charge in [0.15, 0.2) is 0 Å². The molecule has 3 aromatic carbocycles. The summed E-state index contributed by atoms with van der Waals surface area (Å²) in [6.45, 7) is 4.94. The number of carbonyl (C=O) groups is 4. The highest BCUT2D eigenvalue weighted by atomic mass is 16.5. The number of carbonyl (C=O) groups excluding carboxylic acids is 4. The van der Waals surface area contributed by atoms with Crippen LogP contribution in [0.3, 0.4) is 0 Å². The van der Waals surface area contributed by atoms with Gasteiger partial charge in [-0.2, -0.15) is 4.98 Å². The number of nitrogens with one attached hydrogen (secondary N) is 1. The molecule has 3 N–H and O–H groups in total. The Balaban J connectivity index is 0.774. The van der Waals surface area contributed by atoms with E-state index in [9.17, 15) is 19.2 Å². The fraction of sp³-hybridized carbons (Fsp3) is 0.333. The first kappa shape index (κ1) is 36.3. The number of hydrogen-bond acceptors (Lipinski definition) is 12. The Labute approximate surface area is 328 Å². The van der Waals surface area contributed by atoms with Gasteiger partial charge < -0.3 is 15.2 Å². The van der Waals surface area contributed by atoms with Crippen molar-refractivity contribution >= 4 is 46.7 Å². The first-order chi connectivity index (χ1) is 27.8. The van der Waals surface area contributed by atoms with Crippen LogP contribution in [-0.2, 0) is 9.59 Å². The molecule has 1 unspecified atom stereocenters. The van der Waals surface area contributed by atoms with Gasteiger partial charge in [-0.05, 0) is 78.8 Å². The molecule has 290 valence electrons. The number of anilines is 1. The van der Waals surface area contributed by atoms with Gasteiger partial charge in [-0.15, -0.1) is 4.68 Å². The lowest BCUT2D eigenvalue weighted by atomic mass is 9.92. The molecule has 4 amide bonds. The van der Waals surface area contributed by atoms with Gasteiger partial charge in [0.1, 0.15) is 52.7 Å². The minimum atomic E-state index is -0.997. The standard InChI is InChI=1S/C42H41N9O6/c43-38-36-37(26-6-12-30(13-7-26)57-29-4-2-1-3-5-29)47-51(39(36)45-25-44-38)28-10-8-27(9-11-28)49-20-18-48(19-21-49)22-23-56-31-14-15-32-33(24-31)42(55)50(41(32)54)34-16-17-35(52)46-40(34)53/h1-7,12-15,24-25,27,34H,8-11,16-23H2,(H2-,43,44,45,46,47,52,53)/p+1. The normalized spacial score (nSPS) is 21.3. The third-order valence-corrected chi connectivity index (χ3v) is 11.4. The zero-order valence-electron chi connectivity index (χ0n) is 31.3. The molecule has 57 heavy (non-hydrogen) atoms. The zero-order chi connectivity index (χ0) is 39.0. The minimum absolute atomic E-state index is 0.0771. The summed E-state index contributed by atoms with van der Waals surface area (Å²) in [4.78, 5) is 65.0. The number of ether oxygens (including phenoxy) is 2. The van der Waals surface area contributed by atoms with Gasteiger partial charge in [-0.25, -0.2) is 0 Å². The van der Waals surface area contributed by atoms with E-state index >= 15 is 0 Å². The number of nitrogens with two attached hydrogens (primary N) is 1. The lowest BCUT2D eigenvalue weighted by Crippen LogP contribution is -2.54. The van der Waals surface area contributed by atoms with E-state index in [-0.39, 0.29) is 24.0 Å². The summed E-state index contributed by atoms with van der Waals surface area (Å²) >= 11 is 0. The number of aromatic nitrogens is 2. The number of nitrogen functional groups attached to an aromatic ring is 1. The third kappa shape index (κ3) is 7.15. The van der Waals surface area contributed by atoms with Crippen molar-refractivity contribution in [1.82, 2.24) is 30.0 Å². The van der Waals surface area contributed by atoms with Gasteiger partial charge in [0, 0.05) is 63.6 Å². The maximum atomic E-state index is 13.2. The first-order valence-corrected chi connectivity index (χ1v) is 19.4. The molecule has 1 aliphatic carbocycles. The number of fused-ring (bicyclic) bond motifs is 2. The number of piperazine rings is 1. The molecule has 0 spiro atoms. The minimum Gasteiger partial charge on any atom is -0.492 e. The van der Waals surface area contributed by atoms with E-state index in [4.69, 9.17) is 20.3 Å². The number of rotatable bonds is 9. The molecule has 9 rings (SSSR count). The number of benzene rings is 3. The van der Waals surface area contributed by atoms with E-state index < -0.39 is 29.7 Å². The second kappa shape index (κ2) is 15.3. The molecule has 0 radical (unpaired) electrons. The van der Waals surface area contributed by atoms with Crippen LogP contribution in [0.4, 0.5) is 11.6 Å². The van der Waals surface area contributed by atoms with Gasteiger partial charge in [0.2, 0.25) is 18.1 Å². The van der Waals surface area contributed by atoms with E-state index in [1.165, 1.54) is 12.0 Å². The average molecular weight is 769 g/mol. The monoisotopic (exact) mass is 768 g/mol. The summed E-state index contributed by atoms with van der Waals surface area (Å²) in [5.74, 6) is 1.01. The van der Waals surface area contributed by atoms with Crippen molar-refractivity contribution < 1.29 is 33.3 Å². The molecule has 4 aromatic rings. The van der Waals surface area contributed by atoms with Crippen LogP contribution < -0.4 is 20.5 Å².